The van der Waals surface area contributed by atoms with Gasteiger partial charge in [-0.2, -0.15) is 0 Å². The molecule has 180 valence electrons. The van der Waals surface area contributed by atoms with Crippen LogP contribution in [0.4, 0.5) is 5.69 Å². The van der Waals surface area contributed by atoms with Crippen molar-refractivity contribution >= 4 is 35.2 Å². The number of rotatable bonds is 7. The van der Waals surface area contributed by atoms with Gasteiger partial charge in [0.05, 0.1) is 19.9 Å². The highest BCUT2D eigenvalue weighted by atomic mass is 32.2. The lowest BCUT2D eigenvalue weighted by molar-refractivity contribution is -0.137. The first-order valence-electron chi connectivity index (χ1n) is 11.3. The molecule has 8 nitrogen and oxygen atoms in total. The summed E-state index contributed by atoms with van der Waals surface area (Å²) in [5.41, 5.74) is 1.79. The standard InChI is InChI=1S/C25H29N3O5S/c1-32-19-8-7-16(15-20(19)33-2)9-12-26-23(29)17-10-13-28(14-11-17)25(31)22-24(30)27-18-5-3-4-6-21(18)34-22/h3-8,15,17,22H,9-14H2,1-2H3,(H,26,29)(H,27,30)/t22-/m1/s1. The number of likely N-dealkylation sites (tertiary alicyclic amines) is 1. The smallest absolute Gasteiger partial charge is 0.247 e. The number of amides is 3. The summed E-state index contributed by atoms with van der Waals surface area (Å²) in [6, 6.07) is 13.2. The summed E-state index contributed by atoms with van der Waals surface area (Å²) >= 11 is 1.29. The summed E-state index contributed by atoms with van der Waals surface area (Å²) in [7, 11) is 3.19. The van der Waals surface area contributed by atoms with Gasteiger partial charge < -0.3 is 25.0 Å². The van der Waals surface area contributed by atoms with E-state index in [1.165, 1.54) is 11.8 Å². The van der Waals surface area contributed by atoms with Crippen molar-refractivity contribution in [1.29, 1.82) is 0 Å². The van der Waals surface area contributed by atoms with Gasteiger partial charge >= 0.3 is 0 Å². The van der Waals surface area contributed by atoms with Crippen LogP contribution in [-0.2, 0) is 20.8 Å². The molecule has 1 atom stereocenters. The Balaban J connectivity index is 1.24. The molecule has 0 spiro atoms. The second-order valence-electron chi connectivity index (χ2n) is 8.31. The maximum absolute atomic E-state index is 13.0. The topological polar surface area (TPSA) is 97.0 Å². The van der Waals surface area contributed by atoms with Gasteiger partial charge in [0, 0.05) is 30.4 Å². The number of piperidine rings is 1. The maximum atomic E-state index is 13.0. The highest BCUT2D eigenvalue weighted by Gasteiger charge is 2.37. The first-order valence-corrected chi connectivity index (χ1v) is 12.2. The van der Waals surface area contributed by atoms with Gasteiger partial charge in [-0.05, 0) is 49.1 Å². The molecule has 2 aliphatic heterocycles. The third-order valence-electron chi connectivity index (χ3n) is 6.19. The molecule has 0 radical (unpaired) electrons. The van der Waals surface area contributed by atoms with Crippen LogP contribution in [0.15, 0.2) is 47.4 Å². The number of thioether (sulfide) groups is 1. The Morgan fingerprint density at radius 3 is 2.56 bits per heavy atom. The second-order valence-corrected chi connectivity index (χ2v) is 9.46. The lowest BCUT2D eigenvalue weighted by Gasteiger charge is -2.34. The van der Waals surface area contributed by atoms with Gasteiger partial charge in [0.1, 0.15) is 0 Å². The van der Waals surface area contributed by atoms with Gasteiger partial charge in [-0.25, -0.2) is 0 Å². The molecule has 0 aromatic heterocycles. The minimum absolute atomic E-state index is 0.00582. The molecule has 1 fully saturated rings. The van der Waals surface area contributed by atoms with E-state index in [0.29, 0.717) is 50.4 Å². The van der Waals surface area contributed by atoms with Gasteiger partial charge in [-0.15, -0.1) is 11.8 Å². The van der Waals surface area contributed by atoms with Gasteiger partial charge in [0.2, 0.25) is 17.7 Å². The fourth-order valence-corrected chi connectivity index (χ4v) is 5.33. The van der Waals surface area contributed by atoms with Crippen LogP contribution in [0, 0.1) is 5.92 Å². The van der Waals surface area contributed by atoms with Crippen molar-refractivity contribution in [3.05, 3.63) is 48.0 Å². The number of hydrogen-bond donors (Lipinski definition) is 2. The first-order chi connectivity index (χ1) is 16.5. The SMILES string of the molecule is COc1ccc(CCNC(=O)C2CCN(C(=O)[C@@H]3Sc4ccccc4NC3=O)CC2)cc1OC. The fraction of sp³-hybridized carbons (Fsp3) is 0.400. The molecule has 3 amide bonds. The summed E-state index contributed by atoms with van der Waals surface area (Å²) < 4.78 is 10.6. The van der Waals surface area contributed by atoms with Crippen LogP contribution in [0.1, 0.15) is 18.4 Å². The molecule has 34 heavy (non-hydrogen) atoms. The largest absolute Gasteiger partial charge is 0.493 e. The zero-order valence-electron chi connectivity index (χ0n) is 19.3. The Hall–Kier alpha value is -3.20. The van der Waals surface area contributed by atoms with Gasteiger partial charge in [-0.1, -0.05) is 18.2 Å². The van der Waals surface area contributed by atoms with E-state index in [2.05, 4.69) is 10.6 Å². The van der Waals surface area contributed by atoms with Crippen LogP contribution in [0.25, 0.3) is 0 Å². The van der Waals surface area contributed by atoms with Crippen LogP contribution in [-0.4, -0.2) is 61.7 Å². The minimum atomic E-state index is -0.790. The third-order valence-corrected chi connectivity index (χ3v) is 7.45. The van der Waals surface area contributed by atoms with E-state index in [9.17, 15) is 14.4 Å². The number of benzene rings is 2. The van der Waals surface area contributed by atoms with Crippen molar-refractivity contribution in [2.24, 2.45) is 5.92 Å². The van der Waals surface area contributed by atoms with Crippen LogP contribution in [0.2, 0.25) is 0 Å². The number of para-hydroxylation sites is 1. The van der Waals surface area contributed by atoms with Gasteiger partial charge in [-0.3, -0.25) is 14.4 Å². The molecule has 0 saturated carbocycles. The Morgan fingerprint density at radius 1 is 1.09 bits per heavy atom. The Morgan fingerprint density at radius 2 is 1.82 bits per heavy atom. The third kappa shape index (κ3) is 5.30. The van der Waals surface area contributed by atoms with Crippen LogP contribution in [0.3, 0.4) is 0 Å². The zero-order chi connectivity index (χ0) is 24.1. The number of methoxy groups -OCH3 is 2. The number of nitrogens with zero attached hydrogens (tertiary/aromatic N) is 1. The van der Waals surface area contributed by atoms with E-state index in [0.717, 1.165) is 16.1 Å². The van der Waals surface area contributed by atoms with Crippen LogP contribution < -0.4 is 20.1 Å². The maximum Gasteiger partial charge on any atom is 0.247 e. The summed E-state index contributed by atoms with van der Waals surface area (Å²) in [6.07, 6.45) is 1.85. The summed E-state index contributed by atoms with van der Waals surface area (Å²) in [6.45, 7) is 1.46. The van der Waals surface area contributed by atoms with Crippen molar-refractivity contribution in [3.63, 3.8) is 0 Å². The molecule has 0 aliphatic carbocycles. The van der Waals surface area contributed by atoms with E-state index in [1.54, 1.807) is 19.1 Å². The highest BCUT2D eigenvalue weighted by Crippen LogP contribution is 2.36. The molecule has 2 aromatic carbocycles. The Bertz CT molecular complexity index is 1070. The number of nitrogens with one attached hydrogen (secondary N) is 2. The highest BCUT2D eigenvalue weighted by molar-refractivity contribution is 8.01. The van der Waals surface area contributed by atoms with Crippen molar-refractivity contribution in [2.75, 3.05) is 39.2 Å². The number of carbonyl (C=O) groups is 3. The molecule has 2 aromatic rings. The van der Waals surface area contributed by atoms with Crippen LogP contribution in [0.5, 0.6) is 11.5 Å². The van der Waals surface area contributed by atoms with Gasteiger partial charge in [0.15, 0.2) is 16.7 Å². The molecular formula is C25H29N3O5S. The van der Waals surface area contributed by atoms with Crippen LogP contribution >= 0.6 is 11.8 Å². The summed E-state index contributed by atoms with van der Waals surface area (Å²) in [4.78, 5) is 40.7. The van der Waals surface area contributed by atoms with E-state index < -0.39 is 5.25 Å². The molecule has 0 bridgehead atoms. The zero-order valence-corrected chi connectivity index (χ0v) is 20.2. The number of carbonyl (C=O) groups excluding carboxylic acids is 3. The first kappa shape index (κ1) is 23.9. The number of hydrogen-bond acceptors (Lipinski definition) is 6. The lowest BCUT2D eigenvalue weighted by Crippen LogP contribution is -2.49. The molecule has 1 saturated heterocycles. The molecule has 2 N–H and O–H groups in total. The normalized spacial score (nSPS) is 18.0. The van der Waals surface area contributed by atoms with E-state index in [4.69, 9.17) is 9.47 Å². The summed E-state index contributed by atoms with van der Waals surface area (Å²) in [5, 5.41) is 5.04. The average Bonchev–Trinajstić information content (AvgIpc) is 2.87. The number of anilines is 1. The predicted octanol–water partition coefficient (Wildman–Crippen LogP) is 2.71. The average molecular weight is 484 g/mol. The minimum Gasteiger partial charge on any atom is -0.493 e. The molecule has 2 aliphatic rings. The molecule has 0 unspecified atom stereocenters. The summed E-state index contributed by atoms with van der Waals surface area (Å²) in [5.74, 6) is 0.726. The molecule has 4 rings (SSSR count). The van der Waals surface area contributed by atoms with E-state index >= 15 is 0 Å². The quantitative estimate of drug-likeness (QED) is 0.588. The Labute approximate surface area is 203 Å². The van der Waals surface area contributed by atoms with E-state index in [1.807, 2.05) is 42.5 Å². The fourth-order valence-electron chi connectivity index (χ4n) is 4.25. The van der Waals surface area contributed by atoms with Crippen molar-refractivity contribution in [3.8, 4) is 11.5 Å². The predicted molar refractivity (Wildman–Crippen MR) is 130 cm³/mol. The monoisotopic (exact) mass is 483 g/mol. The van der Waals surface area contributed by atoms with Crippen molar-refractivity contribution in [1.82, 2.24) is 10.2 Å². The molecular weight excluding hydrogens is 454 g/mol. The number of ether oxygens (including phenoxy) is 2. The Kier molecular flexibility index (Phi) is 7.62. The second kappa shape index (κ2) is 10.8. The van der Waals surface area contributed by atoms with E-state index in [-0.39, 0.29) is 23.6 Å². The molecule has 2 heterocycles. The van der Waals surface area contributed by atoms with Gasteiger partial charge in [0.25, 0.3) is 0 Å². The van der Waals surface area contributed by atoms with Crippen molar-refractivity contribution in [2.45, 2.75) is 29.4 Å². The molecule has 9 heteroatoms. The lowest BCUT2D eigenvalue weighted by atomic mass is 9.95. The number of fused-ring (bicyclic) bond motifs is 1. The van der Waals surface area contributed by atoms with Crippen molar-refractivity contribution < 1.29 is 23.9 Å².